The van der Waals surface area contributed by atoms with E-state index in [1.54, 1.807) is 28.9 Å². The number of fused-ring (bicyclic) bond motifs is 1. The van der Waals surface area contributed by atoms with Crippen molar-refractivity contribution >= 4 is 23.4 Å². The van der Waals surface area contributed by atoms with E-state index in [0.29, 0.717) is 10.7 Å². The number of tetrazole rings is 1. The second kappa shape index (κ2) is 9.31. The zero-order chi connectivity index (χ0) is 26.4. The lowest BCUT2D eigenvalue weighted by atomic mass is 10.0. The van der Waals surface area contributed by atoms with E-state index < -0.39 is 6.09 Å². The number of hydrogen-bond acceptors (Lipinski definition) is 5. The monoisotopic (exact) mass is 527 g/mol. The van der Waals surface area contributed by atoms with Crippen molar-refractivity contribution in [2.45, 2.75) is 18.9 Å². The van der Waals surface area contributed by atoms with Crippen LogP contribution in [0, 0.1) is 0 Å². The third kappa shape index (κ3) is 4.14. The van der Waals surface area contributed by atoms with Crippen LogP contribution in [0.5, 0.6) is 0 Å². The molecule has 1 aliphatic rings. The highest BCUT2D eigenvalue weighted by Crippen LogP contribution is 2.35. The quantitative estimate of drug-likeness (QED) is 0.339. The molecule has 0 bridgehead atoms. The number of H-pyrrole nitrogens is 1. The molecule has 0 unspecified atom stereocenters. The van der Waals surface area contributed by atoms with Crippen molar-refractivity contribution in [2.24, 2.45) is 0 Å². The first-order valence-corrected chi connectivity index (χ1v) is 12.3. The molecule has 1 aliphatic heterocycles. The highest BCUT2D eigenvalue weighted by atomic mass is 35.5. The molecule has 0 radical (unpaired) electrons. The van der Waals surface area contributed by atoms with Gasteiger partial charge >= 0.3 is 6.09 Å². The van der Waals surface area contributed by atoms with Gasteiger partial charge in [0, 0.05) is 46.5 Å². The minimum absolute atomic E-state index is 0.0974. The number of rotatable bonds is 5. The predicted octanol–water partition coefficient (Wildman–Crippen LogP) is 4.79. The second-order valence-electron chi connectivity index (χ2n) is 9.13. The minimum Gasteiger partial charge on any atom is -0.465 e. The van der Waals surface area contributed by atoms with Crippen LogP contribution in [0.4, 0.5) is 10.5 Å². The molecular formula is C27H22ClN7O3. The molecule has 4 heterocycles. The van der Waals surface area contributed by atoms with E-state index >= 15 is 0 Å². The van der Waals surface area contributed by atoms with Crippen molar-refractivity contribution in [3.8, 4) is 28.1 Å². The van der Waals surface area contributed by atoms with Crippen molar-refractivity contribution in [1.82, 2.24) is 29.8 Å². The van der Waals surface area contributed by atoms with E-state index in [1.165, 1.54) is 13.4 Å². The van der Waals surface area contributed by atoms with Gasteiger partial charge in [-0.15, -0.1) is 5.10 Å². The van der Waals surface area contributed by atoms with Gasteiger partial charge in [-0.3, -0.25) is 9.69 Å². The first-order chi connectivity index (χ1) is 18.4. The van der Waals surface area contributed by atoms with E-state index in [4.69, 9.17) is 11.6 Å². The number of anilines is 1. The third-order valence-electron chi connectivity index (χ3n) is 6.92. The molecular weight excluding hydrogens is 506 g/mol. The van der Waals surface area contributed by atoms with Crippen LogP contribution >= 0.6 is 11.6 Å². The first kappa shape index (κ1) is 23.7. The zero-order valence-corrected chi connectivity index (χ0v) is 21.0. The number of aryl methyl sites for hydroxylation is 1. The Labute approximate surface area is 221 Å². The van der Waals surface area contributed by atoms with Crippen LogP contribution in [0.2, 0.25) is 5.02 Å². The van der Waals surface area contributed by atoms with Crippen LogP contribution in [0.25, 0.3) is 28.1 Å². The standard InChI is InChI=1S/C27H22ClN7O3/c1-33(27(37)38)19-5-2-16(3-6-19)22-8-9-23(30-22)25-11-7-20-12-17(13-26(36)35(20)25)21-14-18(28)4-10-24(21)34-15-29-31-32-34/h2-6,8-10,12-15,25,30H,7,11H2,1H3,(H,37,38)/t25-/m0/s1. The van der Waals surface area contributed by atoms with Crippen molar-refractivity contribution < 1.29 is 9.90 Å². The maximum atomic E-state index is 13.4. The molecule has 1 atom stereocenters. The van der Waals surface area contributed by atoms with Crippen molar-refractivity contribution in [3.05, 3.63) is 99.8 Å². The number of aromatic amines is 1. The predicted molar refractivity (Wildman–Crippen MR) is 143 cm³/mol. The highest BCUT2D eigenvalue weighted by Gasteiger charge is 2.27. The molecule has 0 aliphatic carbocycles. The molecule has 2 aromatic carbocycles. The summed E-state index contributed by atoms with van der Waals surface area (Å²) in [5, 5.41) is 21.2. The van der Waals surface area contributed by atoms with Crippen LogP contribution < -0.4 is 10.5 Å². The van der Waals surface area contributed by atoms with Crippen molar-refractivity contribution in [1.29, 1.82) is 0 Å². The van der Waals surface area contributed by atoms with Crippen molar-refractivity contribution in [2.75, 3.05) is 11.9 Å². The summed E-state index contributed by atoms with van der Waals surface area (Å²) >= 11 is 6.30. The molecule has 38 heavy (non-hydrogen) atoms. The maximum Gasteiger partial charge on any atom is 0.411 e. The van der Waals surface area contributed by atoms with Crippen LogP contribution in [0.1, 0.15) is 23.9 Å². The van der Waals surface area contributed by atoms with Crippen LogP contribution in [0.15, 0.2) is 77.9 Å². The van der Waals surface area contributed by atoms with Crippen LogP contribution in [-0.4, -0.2) is 48.0 Å². The summed E-state index contributed by atoms with van der Waals surface area (Å²) < 4.78 is 3.39. The molecule has 0 saturated heterocycles. The molecule has 5 aromatic rings. The number of amides is 1. The normalized spacial score (nSPS) is 14.4. The number of benzene rings is 2. The summed E-state index contributed by atoms with van der Waals surface area (Å²) in [6.45, 7) is 0. The molecule has 1 amide bonds. The van der Waals surface area contributed by atoms with Crippen molar-refractivity contribution in [3.63, 3.8) is 0 Å². The molecule has 190 valence electrons. The Balaban J connectivity index is 1.32. The largest absolute Gasteiger partial charge is 0.465 e. The van der Waals surface area contributed by atoms with Gasteiger partial charge in [0.2, 0.25) is 0 Å². The molecule has 11 heteroatoms. The number of carbonyl (C=O) groups is 1. The smallest absolute Gasteiger partial charge is 0.411 e. The average molecular weight is 528 g/mol. The van der Waals surface area contributed by atoms with Gasteiger partial charge in [-0.25, -0.2) is 4.79 Å². The fourth-order valence-electron chi connectivity index (χ4n) is 5.01. The van der Waals surface area contributed by atoms with Gasteiger partial charge in [0.15, 0.2) is 0 Å². The number of hydrogen-bond donors (Lipinski definition) is 2. The topological polar surface area (TPSA) is 122 Å². The summed E-state index contributed by atoms with van der Waals surface area (Å²) in [5.41, 5.74) is 6.45. The van der Waals surface area contributed by atoms with Gasteiger partial charge in [-0.1, -0.05) is 23.7 Å². The van der Waals surface area contributed by atoms with Gasteiger partial charge in [0.1, 0.15) is 6.33 Å². The summed E-state index contributed by atoms with van der Waals surface area (Å²) in [4.78, 5) is 29.2. The fraction of sp³-hybridized carbons (Fsp3) is 0.148. The molecule has 0 spiro atoms. The Morgan fingerprint density at radius 2 is 1.89 bits per heavy atom. The lowest BCUT2D eigenvalue weighted by Crippen LogP contribution is -2.23. The highest BCUT2D eigenvalue weighted by molar-refractivity contribution is 6.31. The molecule has 0 saturated carbocycles. The summed E-state index contributed by atoms with van der Waals surface area (Å²) in [7, 11) is 1.50. The lowest BCUT2D eigenvalue weighted by Gasteiger charge is -2.16. The van der Waals surface area contributed by atoms with Gasteiger partial charge in [-0.2, -0.15) is 4.68 Å². The lowest BCUT2D eigenvalue weighted by molar-refractivity contribution is 0.203. The molecule has 3 aromatic heterocycles. The number of halogens is 1. The van der Waals surface area contributed by atoms with Crippen LogP contribution in [-0.2, 0) is 6.42 Å². The van der Waals surface area contributed by atoms with Gasteiger partial charge in [0.05, 0.1) is 11.7 Å². The summed E-state index contributed by atoms with van der Waals surface area (Å²) in [6.07, 6.45) is 2.02. The molecule has 10 nitrogen and oxygen atoms in total. The molecule has 2 N–H and O–H groups in total. The number of nitrogens with one attached hydrogen (secondary N) is 1. The number of carboxylic acid groups (broad SMARTS) is 1. The Morgan fingerprint density at radius 3 is 2.63 bits per heavy atom. The van der Waals surface area contributed by atoms with E-state index in [-0.39, 0.29) is 11.6 Å². The Hall–Kier alpha value is -4.70. The maximum absolute atomic E-state index is 13.4. The Kier molecular flexibility index (Phi) is 5.80. The summed E-state index contributed by atoms with van der Waals surface area (Å²) in [5.74, 6) is 0. The molecule has 0 fully saturated rings. The SMILES string of the molecule is CN(C(=O)O)c1ccc(-c2ccc([C@@H]3CCc4cc(-c5cc(Cl)ccc5-n5cnnn5)cc(=O)n43)[nH]2)cc1. The van der Waals surface area contributed by atoms with Gasteiger partial charge in [-0.05, 0) is 82.9 Å². The fourth-order valence-corrected chi connectivity index (χ4v) is 5.18. The van der Waals surface area contributed by atoms with E-state index in [2.05, 4.69) is 20.5 Å². The Morgan fingerprint density at radius 1 is 1.08 bits per heavy atom. The van der Waals surface area contributed by atoms with Gasteiger partial charge < -0.3 is 14.7 Å². The number of aromatic nitrogens is 6. The Bertz CT molecular complexity index is 1710. The summed E-state index contributed by atoms with van der Waals surface area (Å²) in [6, 6.07) is 20.2. The minimum atomic E-state index is -1.02. The molecule has 6 rings (SSSR count). The average Bonchev–Trinajstić information content (AvgIpc) is 3.69. The zero-order valence-electron chi connectivity index (χ0n) is 20.2. The van der Waals surface area contributed by atoms with Gasteiger partial charge in [0.25, 0.3) is 5.56 Å². The third-order valence-corrected chi connectivity index (χ3v) is 7.15. The number of pyridine rings is 1. The second-order valence-corrected chi connectivity index (χ2v) is 9.57. The van der Waals surface area contributed by atoms with E-state index in [9.17, 15) is 14.7 Å². The van der Waals surface area contributed by atoms with Crippen LogP contribution in [0.3, 0.4) is 0 Å². The number of nitrogens with zero attached hydrogens (tertiary/aromatic N) is 6. The van der Waals surface area contributed by atoms with E-state index in [0.717, 1.165) is 57.2 Å². The first-order valence-electron chi connectivity index (χ1n) is 11.9. The van der Waals surface area contributed by atoms with E-state index in [1.807, 2.05) is 47.0 Å².